The predicted molar refractivity (Wildman–Crippen MR) is 66.3 cm³/mol. The van der Waals surface area contributed by atoms with E-state index in [0.29, 0.717) is 13.1 Å². The zero-order valence-corrected chi connectivity index (χ0v) is 10.4. The number of hydrogen-bond donors (Lipinski definition) is 2. The smallest absolute Gasteiger partial charge is 0.328 e. The number of nitriles is 1. The van der Waals surface area contributed by atoms with Crippen LogP contribution in [0.1, 0.15) is 28.8 Å². The van der Waals surface area contributed by atoms with Crippen LogP contribution < -0.4 is 0 Å². The average Bonchev–Trinajstić information content (AvgIpc) is 2.93. The van der Waals surface area contributed by atoms with E-state index in [1.165, 1.54) is 4.90 Å². The fourth-order valence-electron chi connectivity index (χ4n) is 2.21. The van der Waals surface area contributed by atoms with Gasteiger partial charge in [-0.25, -0.2) is 0 Å². The van der Waals surface area contributed by atoms with Crippen LogP contribution in [0.5, 0.6) is 11.5 Å². The van der Waals surface area contributed by atoms with Gasteiger partial charge >= 0.3 is 5.69 Å². The minimum atomic E-state index is -1.00. The highest BCUT2D eigenvalue weighted by atomic mass is 16.6. The van der Waals surface area contributed by atoms with Gasteiger partial charge in [-0.05, 0) is 12.8 Å². The van der Waals surface area contributed by atoms with Crippen molar-refractivity contribution in [3.8, 4) is 17.6 Å². The fraction of sp³-hybridized carbons (Fsp3) is 0.333. The van der Waals surface area contributed by atoms with E-state index in [4.69, 9.17) is 5.26 Å². The molecule has 8 nitrogen and oxygen atoms in total. The summed E-state index contributed by atoms with van der Waals surface area (Å²) in [5, 5.41) is 39.0. The van der Waals surface area contributed by atoms with Gasteiger partial charge in [0.1, 0.15) is 11.6 Å². The van der Waals surface area contributed by atoms with Crippen LogP contribution in [0.4, 0.5) is 5.69 Å². The molecule has 0 spiro atoms. The number of likely N-dealkylation sites (tertiary alicyclic amines) is 1. The van der Waals surface area contributed by atoms with Gasteiger partial charge in [-0.15, -0.1) is 0 Å². The van der Waals surface area contributed by atoms with Crippen LogP contribution in [0, 0.1) is 21.4 Å². The first-order valence-corrected chi connectivity index (χ1v) is 5.90. The third kappa shape index (κ3) is 2.09. The van der Waals surface area contributed by atoms with Crippen LogP contribution in [0.2, 0.25) is 0 Å². The first-order chi connectivity index (χ1) is 9.47. The number of carbonyl (C=O) groups excluding carboxylic acids is 1. The lowest BCUT2D eigenvalue weighted by Crippen LogP contribution is -2.29. The standard InChI is InChI=1S/C12H11N3O5/c13-6-7-5-8(16)11(17)10(15(19)20)9(7)12(18)14-3-1-2-4-14/h5,16-17H,1-4H2. The van der Waals surface area contributed by atoms with Crippen molar-refractivity contribution in [2.24, 2.45) is 0 Å². The molecule has 0 radical (unpaired) electrons. The molecule has 0 aromatic heterocycles. The van der Waals surface area contributed by atoms with E-state index < -0.39 is 33.6 Å². The van der Waals surface area contributed by atoms with Gasteiger partial charge in [-0.2, -0.15) is 5.26 Å². The first kappa shape index (κ1) is 13.6. The summed E-state index contributed by atoms with van der Waals surface area (Å²) >= 11 is 0. The van der Waals surface area contributed by atoms with E-state index in [-0.39, 0.29) is 5.56 Å². The average molecular weight is 277 g/mol. The van der Waals surface area contributed by atoms with Gasteiger partial charge in [-0.1, -0.05) is 0 Å². The lowest BCUT2D eigenvalue weighted by molar-refractivity contribution is -0.386. The Kier molecular flexibility index (Phi) is 3.43. The highest BCUT2D eigenvalue weighted by Crippen LogP contribution is 2.40. The van der Waals surface area contributed by atoms with Crippen LogP contribution in [-0.4, -0.2) is 39.0 Å². The molecular weight excluding hydrogens is 266 g/mol. The number of rotatable bonds is 2. The highest BCUT2D eigenvalue weighted by Gasteiger charge is 2.34. The van der Waals surface area contributed by atoms with Crippen molar-refractivity contribution in [1.82, 2.24) is 4.90 Å². The molecule has 2 rings (SSSR count). The second-order valence-electron chi connectivity index (χ2n) is 4.38. The third-order valence-corrected chi connectivity index (χ3v) is 3.16. The van der Waals surface area contributed by atoms with E-state index in [1.54, 1.807) is 6.07 Å². The molecule has 1 aliphatic heterocycles. The van der Waals surface area contributed by atoms with Crippen molar-refractivity contribution in [2.75, 3.05) is 13.1 Å². The molecule has 1 aromatic carbocycles. The summed E-state index contributed by atoms with van der Waals surface area (Å²) in [4.78, 5) is 23.7. The van der Waals surface area contributed by atoms with E-state index in [9.17, 15) is 25.1 Å². The van der Waals surface area contributed by atoms with Gasteiger partial charge in [0.25, 0.3) is 5.91 Å². The van der Waals surface area contributed by atoms with E-state index in [1.807, 2.05) is 0 Å². The number of hydrogen-bond acceptors (Lipinski definition) is 6. The van der Waals surface area contributed by atoms with Crippen LogP contribution in [0.3, 0.4) is 0 Å². The maximum Gasteiger partial charge on any atom is 0.328 e. The van der Waals surface area contributed by atoms with E-state index in [0.717, 1.165) is 18.9 Å². The molecule has 0 aliphatic carbocycles. The number of nitro benzene ring substituents is 1. The number of carbonyl (C=O) groups is 1. The summed E-state index contributed by atoms with van der Waals surface area (Å²) in [7, 11) is 0. The Balaban J connectivity index is 2.66. The summed E-state index contributed by atoms with van der Waals surface area (Å²) in [6.07, 6.45) is 1.57. The van der Waals surface area contributed by atoms with Crippen molar-refractivity contribution in [2.45, 2.75) is 12.8 Å². The summed E-state index contributed by atoms with van der Waals surface area (Å²) in [6.45, 7) is 0.894. The number of aromatic hydroxyl groups is 2. The third-order valence-electron chi connectivity index (χ3n) is 3.16. The lowest BCUT2D eigenvalue weighted by atomic mass is 10.0. The van der Waals surface area contributed by atoms with Crippen molar-refractivity contribution < 1.29 is 19.9 Å². The van der Waals surface area contributed by atoms with Crippen LogP contribution in [0.15, 0.2) is 6.07 Å². The maximum atomic E-state index is 12.3. The second kappa shape index (κ2) is 5.05. The number of phenols is 2. The molecule has 2 N–H and O–H groups in total. The molecule has 20 heavy (non-hydrogen) atoms. The molecule has 8 heteroatoms. The maximum absolute atomic E-state index is 12.3. The van der Waals surface area contributed by atoms with Gasteiger partial charge in [-0.3, -0.25) is 14.9 Å². The highest BCUT2D eigenvalue weighted by molar-refractivity contribution is 6.02. The van der Waals surface area contributed by atoms with Gasteiger partial charge in [0.2, 0.25) is 5.75 Å². The van der Waals surface area contributed by atoms with Crippen LogP contribution in [0.25, 0.3) is 0 Å². The minimum Gasteiger partial charge on any atom is -0.504 e. The minimum absolute atomic E-state index is 0.330. The van der Waals surface area contributed by atoms with Crippen molar-refractivity contribution >= 4 is 11.6 Å². The molecule has 1 aliphatic rings. The Hall–Kier alpha value is -2.82. The molecule has 1 aromatic rings. The predicted octanol–water partition coefficient (Wildman–Crippen LogP) is 1.11. The molecule has 1 amide bonds. The first-order valence-electron chi connectivity index (χ1n) is 5.90. The molecule has 0 saturated carbocycles. The number of phenolic OH excluding ortho intramolecular Hbond substituents is 2. The van der Waals surface area contributed by atoms with Crippen molar-refractivity contribution in [3.63, 3.8) is 0 Å². The molecule has 0 unspecified atom stereocenters. The molecular formula is C12H11N3O5. The SMILES string of the molecule is N#Cc1cc(O)c(O)c([N+](=O)[O-])c1C(=O)N1CCCC1. The van der Waals surface area contributed by atoms with Gasteiger partial charge in [0.05, 0.1) is 10.5 Å². The van der Waals surface area contributed by atoms with E-state index >= 15 is 0 Å². The Bertz CT molecular complexity index is 629. The fourth-order valence-corrected chi connectivity index (χ4v) is 2.21. The Morgan fingerprint density at radius 3 is 2.50 bits per heavy atom. The van der Waals surface area contributed by atoms with Gasteiger partial charge in [0, 0.05) is 19.2 Å². The quantitative estimate of drug-likeness (QED) is 0.473. The lowest BCUT2D eigenvalue weighted by Gasteiger charge is -2.16. The summed E-state index contributed by atoms with van der Waals surface area (Å²) < 4.78 is 0. The molecule has 104 valence electrons. The molecule has 1 saturated heterocycles. The topological polar surface area (TPSA) is 128 Å². The number of benzene rings is 1. The van der Waals surface area contributed by atoms with E-state index in [2.05, 4.69) is 0 Å². The van der Waals surface area contributed by atoms with Crippen molar-refractivity contribution in [3.05, 3.63) is 27.3 Å². The molecule has 1 fully saturated rings. The van der Waals surface area contributed by atoms with Crippen LogP contribution >= 0.6 is 0 Å². The monoisotopic (exact) mass is 277 g/mol. The number of amides is 1. The molecule has 0 bridgehead atoms. The van der Waals surface area contributed by atoms with Crippen LogP contribution in [-0.2, 0) is 0 Å². The zero-order valence-electron chi connectivity index (χ0n) is 10.4. The second-order valence-corrected chi connectivity index (χ2v) is 4.38. The zero-order chi connectivity index (χ0) is 14.9. The Labute approximate surface area is 113 Å². The summed E-state index contributed by atoms with van der Waals surface area (Å²) in [5.41, 5.74) is -1.74. The Morgan fingerprint density at radius 1 is 1.40 bits per heavy atom. The molecule has 1 heterocycles. The largest absolute Gasteiger partial charge is 0.504 e. The summed E-state index contributed by atoms with van der Waals surface area (Å²) in [5.74, 6) is -2.48. The normalized spacial score (nSPS) is 14.1. The van der Waals surface area contributed by atoms with Gasteiger partial charge < -0.3 is 15.1 Å². The Morgan fingerprint density at radius 2 is 2.00 bits per heavy atom. The van der Waals surface area contributed by atoms with Crippen molar-refractivity contribution in [1.29, 1.82) is 5.26 Å². The number of nitro groups is 1. The van der Waals surface area contributed by atoms with Gasteiger partial charge in [0.15, 0.2) is 5.75 Å². The summed E-state index contributed by atoms with van der Waals surface area (Å²) in [6, 6.07) is 2.49. The number of nitrogens with zero attached hydrogens (tertiary/aromatic N) is 3. The molecule has 0 atom stereocenters.